The molecule has 0 spiro atoms. The highest BCUT2D eigenvalue weighted by molar-refractivity contribution is 5.92. The van der Waals surface area contributed by atoms with Crippen molar-refractivity contribution in [2.75, 3.05) is 19.0 Å². The van der Waals surface area contributed by atoms with Crippen LogP contribution in [-0.4, -0.2) is 30.7 Å². The third-order valence-electron chi connectivity index (χ3n) is 4.17. The molecule has 3 rings (SSSR count). The van der Waals surface area contributed by atoms with Gasteiger partial charge in [0, 0.05) is 6.07 Å². The van der Waals surface area contributed by atoms with Crippen molar-refractivity contribution in [1.82, 2.24) is 5.16 Å². The van der Waals surface area contributed by atoms with Gasteiger partial charge in [0.2, 0.25) is 0 Å². The van der Waals surface area contributed by atoms with E-state index in [-0.39, 0.29) is 12.4 Å². The van der Waals surface area contributed by atoms with Gasteiger partial charge in [-0.3, -0.25) is 9.59 Å². The van der Waals surface area contributed by atoms with Gasteiger partial charge in [-0.2, -0.15) is 0 Å². The van der Waals surface area contributed by atoms with Crippen molar-refractivity contribution in [2.24, 2.45) is 0 Å². The molecule has 1 atom stereocenters. The molecule has 0 saturated carbocycles. The van der Waals surface area contributed by atoms with Crippen LogP contribution in [0, 0.1) is 6.92 Å². The number of aromatic nitrogens is 1. The number of esters is 1. The number of nitrogens with zero attached hydrogens (tertiary/aromatic N) is 1. The summed E-state index contributed by atoms with van der Waals surface area (Å²) in [5, 5.41) is 8.16. The zero-order chi connectivity index (χ0) is 19.4. The normalized spacial score (nSPS) is 11.8. The number of rotatable bonds is 6. The molecule has 1 amide bonds. The number of ether oxygens (including phenoxy) is 2. The number of benzene rings is 2. The Labute approximate surface area is 156 Å². The molecule has 0 unspecified atom stereocenters. The maximum Gasteiger partial charge on any atom is 0.313 e. The Bertz CT molecular complexity index is 979. The van der Waals surface area contributed by atoms with Crippen molar-refractivity contribution in [3.63, 3.8) is 0 Å². The van der Waals surface area contributed by atoms with Gasteiger partial charge in [0.1, 0.15) is 11.5 Å². The smallest absolute Gasteiger partial charge is 0.313 e. The van der Waals surface area contributed by atoms with Crippen LogP contribution in [0.1, 0.15) is 24.2 Å². The van der Waals surface area contributed by atoms with Crippen LogP contribution < -0.4 is 10.1 Å². The maximum absolute atomic E-state index is 12.3. The van der Waals surface area contributed by atoms with Gasteiger partial charge >= 0.3 is 5.97 Å². The van der Waals surface area contributed by atoms with E-state index in [1.807, 2.05) is 36.4 Å². The first-order valence-corrected chi connectivity index (χ1v) is 8.44. The molecule has 0 radical (unpaired) electrons. The van der Waals surface area contributed by atoms with Crippen LogP contribution in [0.5, 0.6) is 5.75 Å². The van der Waals surface area contributed by atoms with E-state index in [1.165, 1.54) is 0 Å². The first kappa shape index (κ1) is 18.4. The number of nitrogens with one attached hydrogen (secondary N) is 1. The van der Waals surface area contributed by atoms with Crippen molar-refractivity contribution < 1.29 is 23.6 Å². The first-order valence-electron chi connectivity index (χ1n) is 8.44. The second-order valence-corrected chi connectivity index (χ2v) is 6.17. The van der Waals surface area contributed by atoms with Crippen molar-refractivity contribution >= 4 is 28.5 Å². The molecule has 0 bridgehead atoms. The summed E-state index contributed by atoms with van der Waals surface area (Å²) < 4.78 is 15.2. The second-order valence-electron chi connectivity index (χ2n) is 6.17. The molecule has 2 aromatic carbocycles. The predicted octanol–water partition coefficient (Wildman–Crippen LogP) is 3.43. The molecule has 1 N–H and O–H groups in total. The molecule has 7 nitrogen and oxygen atoms in total. The van der Waals surface area contributed by atoms with Crippen LogP contribution in [0.4, 0.5) is 5.82 Å². The van der Waals surface area contributed by atoms with Gasteiger partial charge in [0.05, 0.1) is 13.0 Å². The average Bonchev–Trinajstić information content (AvgIpc) is 3.09. The Morgan fingerprint density at radius 1 is 1.15 bits per heavy atom. The number of fused-ring (bicyclic) bond motifs is 1. The van der Waals surface area contributed by atoms with E-state index in [0.717, 1.165) is 22.1 Å². The van der Waals surface area contributed by atoms with Crippen molar-refractivity contribution in [1.29, 1.82) is 0 Å². The lowest BCUT2D eigenvalue weighted by Gasteiger charge is -2.13. The first-order chi connectivity index (χ1) is 13.0. The van der Waals surface area contributed by atoms with E-state index in [1.54, 1.807) is 27.0 Å². The fourth-order valence-electron chi connectivity index (χ4n) is 2.64. The molecule has 27 heavy (non-hydrogen) atoms. The van der Waals surface area contributed by atoms with Gasteiger partial charge in [-0.25, -0.2) is 0 Å². The summed E-state index contributed by atoms with van der Waals surface area (Å²) in [6.07, 6.45) is 0. The number of amides is 1. The number of methoxy groups -OCH3 is 1. The highest BCUT2D eigenvalue weighted by Gasteiger charge is 2.19. The Morgan fingerprint density at radius 2 is 1.89 bits per heavy atom. The Kier molecular flexibility index (Phi) is 5.40. The number of hydrogen-bond donors (Lipinski definition) is 1. The third kappa shape index (κ3) is 4.44. The minimum Gasteiger partial charge on any atom is -0.497 e. The molecule has 0 fully saturated rings. The van der Waals surface area contributed by atoms with Crippen molar-refractivity contribution in [3.8, 4) is 5.75 Å². The zero-order valence-electron chi connectivity index (χ0n) is 15.3. The number of carbonyl (C=O) groups is 2. The fraction of sp³-hybridized carbons (Fsp3) is 0.250. The minimum absolute atomic E-state index is 0.284. The Morgan fingerprint density at radius 3 is 2.59 bits per heavy atom. The predicted molar refractivity (Wildman–Crippen MR) is 99.7 cm³/mol. The third-order valence-corrected chi connectivity index (χ3v) is 4.17. The summed E-state index contributed by atoms with van der Waals surface area (Å²) in [4.78, 5) is 24.1. The second kappa shape index (κ2) is 7.90. The summed E-state index contributed by atoms with van der Waals surface area (Å²) in [6, 6.07) is 13.0. The molecule has 0 aliphatic carbocycles. The lowest BCUT2D eigenvalue weighted by molar-refractivity contribution is -0.148. The van der Waals surface area contributed by atoms with E-state index in [2.05, 4.69) is 10.5 Å². The van der Waals surface area contributed by atoms with Crippen LogP contribution >= 0.6 is 0 Å². The molecular formula is C20H20N2O5. The summed E-state index contributed by atoms with van der Waals surface area (Å²) in [7, 11) is 1.62. The van der Waals surface area contributed by atoms with Gasteiger partial charge in [-0.15, -0.1) is 0 Å². The molecule has 0 aliphatic heterocycles. The van der Waals surface area contributed by atoms with Crippen LogP contribution in [-0.2, 0) is 14.3 Å². The Balaban J connectivity index is 1.61. The molecule has 1 aromatic heterocycles. The molecular weight excluding hydrogens is 348 g/mol. The van der Waals surface area contributed by atoms with Crippen LogP contribution in [0.25, 0.3) is 10.8 Å². The SMILES string of the molecule is COc1ccc2cc([C@@H](C)C(=O)OCC(=O)Nc3cc(C)on3)ccc2c1. The fourth-order valence-corrected chi connectivity index (χ4v) is 2.64. The van der Waals surface area contributed by atoms with Gasteiger partial charge < -0.3 is 19.3 Å². The lowest BCUT2D eigenvalue weighted by atomic mass is 9.98. The number of aryl methyl sites for hydroxylation is 1. The summed E-state index contributed by atoms with van der Waals surface area (Å²) >= 11 is 0. The summed E-state index contributed by atoms with van der Waals surface area (Å²) in [5.41, 5.74) is 0.810. The number of anilines is 1. The molecule has 0 aliphatic rings. The van der Waals surface area contributed by atoms with Gasteiger partial charge in [-0.05, 0) is 42.3 Å². The van der Waals surface area contributed by atoms with Crippen LogP contribution in [0.3, 0.4) is 0 Å². The molecule has 7 heteroatoms. The monoisotopic (exact) mass is 368 g/mol. The van der Waals surface area contributed by atoms with Crippen molar-refractivity contribution in [3.05, 3.63) is 53.8 Å². The van der Waals surface area contributed by atoms with Gasteiger partial charge in [0.25, 0.3) is 5.91 Å². The minimum atomic E-state index is -0.501. The standard InChI is InChI=1S/C20H20N2O5/c1-12-8-18(22-27-12)21-19(23)11-26-20(24)13(2)14-4-5-16-10-17(25-3)7-6-15(16)9-14/h4-10,13H,11H2,1-3H3,(H,21,22,23)/t13-/m1/s1. The topological polar surface area (TPSA) is 90.7 Å². The number of hydrogen-bond acceptors (Lipinski definition) is 6. The van der Waals surface area contributed by atoms with E-state index >= 15 is 0 Å². The molecule has 1 heterocycles. The van der Waals surface area contributed by atoms with Gasteiger partial charge in [-0.1, -0.05) is 29.4 Å². The highest BCUT2D eigenvalue weighted by atomic mass is 16.5. The quantitative estimate of drug-likeness (QED) is 0.671. The number of carbonyl (C=O) groups excluding carboxylic acids is 2. The molecule has 0 saturated heterocycles. The average molecular weight is 368 g/mol. The lowest BCUT2D eigenvalue weighted by Crippen LogP contribution is -2.23. The van der Waals surface area contributed by atoms with E-state index in [9.17, 15) is 9.59 Å². The molecule has 3 aromatic rings. The van der Waals surface area contributed by atoms with E-state index < -0.39 is 17.8 Å². The van der Waals surface area contributed by atoms with E-state index in [4.69, 9.17) is 14.0 Å². The van der Waals surface area contributed by atoms with E-state index in [0.29, 0.717) is 5.76 Å². The summed E-state index contributed by atoms with van der Waals surface area (Å²) in [6.45, 7) is 3.07. The van der Waals surface area contributed by atoms with Crippen LogP contribution in [0.15, 0.2) is 47.0 Å². The van der Waals surface area contributed by atoms with Crippen molar-refractivity contribution in [2.45, 2.75) is 19.8 Å². The molecule has 140 valence electrons. The summed E-state index contributed by atoms with van der Waals surface area (Å²) in [5.74, 6) is 0.176. The largest absolute Gasteiger partial charge is 0.497 e. The van der Waals surface area contributed by atoms with Gasteiger partial charge in [0.15, 0.2) is 12.4 Å². The highest BCUT2D eigenvalue weighted by Crippen LogP contribution is 2.25. The zero-order valence-corrected chi connectivity index (χ0v) is 15.3. The van der Waals surface area contributed by atoms with Crippen LogP contribution in [0.2, 0.25) is 0 Å². The Hall–Kier alpha value is -3.35. The maximum atomic E-state index is 12.3.